The molecule has 2 aliphatic heterocycles. The van der Waals surface area contributed by atoms with E-state index >= 15 is 0 Å². The van der Waals surface area contributed by atoms with Crippen molar-refractivity contribution < 1.29 is 53.9 Å². The summed E-state index contributed by atoms with van der Waals surface area (Å²) in [6.45, 7) is 10.2. The van der Waals surface area contributed by atoms with E-state index in [0.717, 1.165) is 25.7 Å². The van der Waals surface area contributed by atoms with Crippen LogP contribution in [0.15, 0.2) is 10.5 Å². The second-order valence-electron chi connectivity index (χ2n) is 11.0. The van der Waals surface area contributed by atoms with Crippen LogP contribution < -0.4 is 45.7 Å². The molecule has 3 N–H and O–H groups in total. The molecule has 3 heterocycles. The molecule has 0 unspecified atom stereocenters. The van der Waals surface area contributed by atoms with Crippen LogP contribution in [-0.2, 0) is 19.2 Å². The summed E-state index contributed by atoms with van der Waals surface area (Å²) in [5.41, 5.74) is 6.22. The number of thiazole rings is 1. The molecule has 13 heteroatoms. The predicted octanol–water partition coefficient (Wildman–Crippen LogP) is -1.65. The van der Waals surface area contributed by atoms with Gasteiger partial charge in [0.25, 0.3) is 5.91 Å². The minimum Gasteiger partial charge on any atom is -0.548 e. The Hall–Kier alpha value is -1.34. The molecule has 1 aromatic heterocycles. The number of nitrogens with zero attached hydrogens (tertiary/aromatic N) is 3. The number of amides is 2. The first kappa shape index (κ1) is 29.2. The zero-order valence-electron chi connectivity index (χ0n) is 21.6. The van der Waals surface area contributed by atoms with Gasteiger partial charge < -0.3 is 30.7 Å². The summed E-state index contributed by atoms with van der Waals surface area (Å²) in [6.07, 6.45) is 3.62. The van der Waals surface area contributed by atoms with Crippen molar-refractivity contribution in [3.63, 3.8) is 0 Å². The number of thioether (sulfide) groups is 1. The van der Waals surface area contributed by atoms with Crippen molar-refractivity contribution in [3.8, 4) is 0 Å². The molecular weight excluding hydrogens is 513 g/mol. The Bertz CT molecular complexity index is 1050. The summed E-state index contributed by atoms with van der Waals surface area (Å²) in [5, 5.41) is 19.9. The van der Waals surface area contributed by atoms with E-state index in [0.29, 0.717) is 5.92 Å². The van der Waals surface area contributed by atoms with E-state index < -0.39 is 40.0 Å². The van der Waals surface area contributed by atoms with Gasteiger partial charge in [0, 0.05) is 10.1 Å². The van der Waals surface area contributed by atoms with Gasteiger partial charge >= 0.3 is 29.6 Å². The molecule has 192 valence electrons. The van der Waals surface area contributed by atoms with Crippen LogP contribution in [0.4, 0.5) is 5.13 Å². The van der Waals surface area contributed by atoms with Gasteiger partial charge in [0.1, 0.15) is 23.2 Å². The standard InChI is InChI=1S/C23H33N5O5S2.Na/c1-22(2,3)11-6-8-12(9-7-11)33-27-14(13-10-34-21(24)25-13)17(29)26-15-18(30)28-16(20(31)32)23(4,5)35-19(15)28;/h10-12,15-16,19H,6-9H2,1-5H3,(H2,24,25)(H,26,29)(H,31,32);/q;+1/p-1/b27-14-;/t11-,12-,15-,16-,19+;/m0./s1. The number of anilines is 1. The van der Waals surface area contributed by atoms with E-state index in [1.165, 1.54) is 28.0 Å². The Kier molecular flexibility index (Phi) is 8.77. The first-order valence-electron chi connectivity index (χ1n) is 11.8. The van der Waals surface area contributed by atoms with Gasteiger partial charge in [0.15, 0.2) is 10.8 Å². The third-order valence-electron chi connectivity index (χ3n) is 7.12. The minimum absolute atomic E-state index is 0. The summed E-state index contributed by atoms with van der Waals surface area (Å²) in [7, 11) is 0. The molecule has 1 saturated carbocycles. The predicted molar refractivity (Wildman–Crippen MR) is 132 cm³/mol. The summed E-state index contributed by atoms with van der Waals surface area (Å²) >= 11 is 2.49. The molecular formula is C23H32N5NaO5S2. The van der Waals surface area contributed by atoms with Crippen LogP contribution >= 0.6 is 23.1 Å². The summed E-state index contributed by atoms with van der Waals surface area (Å²) < 4.78 is -0.742. The van der Waals surface area contributed by atoms with Gasteiger partial charge in [0.2, 0.25) is 5.91 Å². The molecule has 1 aromatic rings. The van der Waals surface area contributed by atoms with Crippen molar-refractivity contribution in [1.82, 2.24) is 15.2 Å². The molecule has 2 amide bonds. The average molecular weight is 546 g/mol. The van der Waals surface area contributed by atoms with Crippen molar-refractivity contribution in [1.29, 1.82) is 0 Å². The molecule has 1 aliphatic carbocycles. The maximum absolute atomic E-state index is 13.2. The molecule has 0 aromatic carbocycles. The van der Waals surface area contributed by atoms with E-state index in [-0.39, 0.29) is 57.6 Å². The van der Waals surface area contributed by atoms with Crippen molar-refractivity contribution in [2.45, 2.75) is 88.6 Å². The van der Waals surface area contributed by atoms with Crippen molar-refractivity contribution in [2.24, 2.45) is 16.5 Å². The van der Waals surface area contributed by atoms with Crippen molar-refractivity contribution >= 4 is 51.7 Å². The fourth-order valence-corrected chi connectivity index (χ4v) is 7.27. The number of hydrogen-bond acceptors (Lipinski definition) is 10. The molecule has 10 nitrogen and oxygen atoms in total. The second-order valence-corrected chi connectivity index (χ2v) is 13.6. The Labute approximate surface area is 241 Å². The summed E-state index contributed by atoms with van der Waals surface area (Å²) in [4.78, 5) is 48.8. The van der Waals surface area contributed by atoms with Crippen LogP contribution in [0.3, 0.4) is 0 Å². The smallest absolute Gasteiger partial charge is 0.548 e. The number of oxime groups is 1. The first-order valence-corrected chi connectivity index (χ1v) is 13.5. The molecule has 3 aliphatic rings. The maximum Gasteiger partial charge on any atom is 1.00 e. The molecule has 0 radical (unpaired) electrons. The topological polar surface area (TPSA) is 150 Å². The Balaban J connectivity index is 0.00000361. The normalized spacial score (nSPS) is 29.6. The van der Waals surface area contributed by atoms with Gasteiger partial charge in [-0.05, 0) is 50.9 Å². The SMILES string of the molecule is CC1(C)S[C@@H]2[C@@H](NC(=O)/C(=N\O[C@H]3CC[C@H](C(C)(C)C)CC3)c3csc(N)n3)C(=O)N2[C@H]1C(=O)[O-].[Na+]. The van der Waals surface area contributed by atoms with Gasteiger partial charge in [-0.1, -0.05) is 25.9 Å². The number of carboxylic acid groups (broad SMARTS) is 1. The minimum atomic E-state index is -1.31. The molecule has 3 fully saturated rings. The molecule has 2 saturated heterocycles. The molecule has 36 heavy (non-hydrogen) atoms. The first-order chi connectivity index (χ1) is 16.3. The number of aliphatic carboxylic acids is 1. The number of rotatable bonds is 6. The number of nitrogen functional groups attached to an aromatic ring is 1. The number of carbonyl (C=O) groups excluding carboxylic acids is 3. The molecule has 0 bridgehead atoms. The van der Waals surface area contributed by atoms with Crippen molar-refractivity contribution in [3.05, 3.63) is 11.1 Å². The van der Waals surface area contributed by atoms with Gasteiger partial charge in [0.05, 0.1) is 12.0 Å². The number of fused-ring (bicyclic) bond motifs is 1. The van der Waals surface area contributed by atoms with Crippen LogP contribution in [0.2, 0.25) is 0 Å². The zero-order chi connectivity index (χ0) is 25.7. The summed E-state index contributed by atoms with van der Waals surface area (Å²) in [5.74, 6) is -1.78. The van der Waals surface area contributed by atoms with Gasteiger partial charge in [-0.2, -0.15) is 0 Å². The number of nitrogens with two attached hydrogens (primary N) is 1. The molecule has 3 atom stereocenters. The molecule has 0 spiro atoms. The van der Waals surface area contributed by atoms with E-state index in [1.54, 1.807) is 19.2 Å². The van der Waals surface area contributed by atoms with Gasteiger partial charge in [-0.25, -0.2) is 4.98 Å². The van der Waals surface area contributed by atoms with Crippen LogP contribution in [0, 0.1) is 11.3 Å². The van der Waals surface area contributed by atoms with Gasteiger partial charge in [-0.15, -0.1) is 23.1 Å². The van der Waals surface area contributed by atoms with E-state index in [2.05, 4.69) is 36.2 Å². The Morgan fingerprint density at radius 3 is 2.44 bits per heavy atom. The van der Waals surface area contributed by atoms with Gasteiger partial charge in [-0.3, -0.25) is 9.59 Å². The average Bonchev–Trinajstić information content (AvgIpc) is 3.30. The van der Waals surface area contributed by atoms with Crippen LogP contribution in [0.5, 0.6) is 0 Å². The monoisotopic (exact) mass is 545 g/mol. The second kappa shape index (κ2) is 10.8. The maximum atomic E-state index is 13.2. The Morgan fingerprint density at radius 2 is 1.92 bits per heavy atom. The number of β-lactam (4-membered cyclic amide) rings is 1. The van der Waals surface area contributed by atoms with Crippen LogP contribution in [0.25, 0.3) is 0 Å². The number of carboxylic acids is 1. The number of nitrogens with one attached hydrogen (secondary N) is 1. The third kappa shape index (κ3) is 5.72. The Morgan fingerprint density at radius 1 is 1.28 bits per heavy atom. The number of aromatic nitrogens is 1. The zero-order valence-corrected chi connectivity index (χ0v) is 25.2. The fraction of sp³-hybridized carbons (Fsp3) is 0.696. The molecule has 4 rings (SSSR count). The largest absolute Gasteiger partial charge is 1.00 e. The van der Waals surface area contributed by atoms with E-state index in [9.17, 15) is 19.5 Å². The van der Waals surface area contributed by atoms with Crippen molar-refractivity contribution in [2.75, 3.05) is 5.73 Å². The van der Waals surface area contributed by atoms with Crippen LogP contribution in [-0.4, -0.2) is 61.7 Å². The van der Waals surface area contributed by atoms with E-state index in [4.69, 9.17) is 10.6 Å². The number of carbonyl (C=O) groups is 3. The fourth-order valence-electron chi connectivity index (χ4n) is 5.10. The number of hydrogen-bond donors (Lipinski definition) is 2. The summed E-state index contributed by atoms with van der Waals surface area (Å²) in [6, 6.07) is -1.93. The van der Waals surface area contributed by atoms with E-state index in [1.807, 2.05) is 0 Å². The quantitative estimate of drug-likeness (QED) is 0.187. The van der Waals surface area contributed by atoms with Crippen LogP contribution in [0.1, 0.15) is 66.0 Å². The third-order valence-corrected chi connectivity index (χ3v) is 9.37.